The van der Waals surface area contributed by atoms with E-state index in [1.165, 1.54) is 11.3 Å². The zero-order valence-electron chi connectivity index (χ0n) is 8.20. The molecule has 0 bridgehead atoms. The second-order valence-corrected chi connectivity index (χ2v) is 5.88. The molecule has 2 N–H and O–H groups in total. The third kappa shape index (κ3) is 1.94. The summed E-state index contributed by atoms with van der Waals surface area (Å²) >= 11 is 8.07. The molecule has 2 heterocycles. The molecule has 0 atom stereocenters. The molecule has 0 aliphatic carbocycles. The number of nitrogens with two attached hydrogens (primary N) is 1. The Labute approximate surface area is 113 Å². The summed E-state index contributed by atoms with van der Waals surface area (Å²) in [7, 11) is 1.84. The van der Waals surface area contributed by atoms with Crippen molar-refractivity contribution in [3.63, 3.8) is 0 Å². The predicted molar refractivity (Wildman–Crippen MR) is 70.4 cm³/mol. The van der Waals surface area contributed by atoms with Crippen LogP contribution in [0.2, 0.25) is 0 Å². The Balaban J connectivity index is 2.58. The van der Waals surface area contributed by atoms with Crippen LogP contribution in [0.3, 0.4) is 0 Å². The van der Waals surface area contributed by atoms with Gasteiger partial charge in [0.15, 0.2) is 0 Å². The Hall–Kier alpha value is -0.660. The molecule has 0 fully saturated rings. The smallest absolute Gasteiger partial charge is 0.259 e. The largest absolute Gasteiger partial charge is 0.365 e. The van der Waals surface area contributed by atoms with Crippen LogP contribution in [0.25, 0.3) is 10.6 Å². The first kappa shape index (κ1) is 11.8. The minimum atomic E-state index is -0.429. The van der Waals surface area contributed by atoms with Crippen LogP contribution in [-0.2, 0) is 7.05 Å². The Morgan fingerprint density at radius 2 is 2.19 bits per heavy atom. The maximum atomic E-state index is 11.1. The van der Waals surface area contributed by atoms with E-state index in [9.17, 15) is 4.79 Å². The summed E-state index contributed by atoms with van der Waals surface area (Å²) in [4.78, 5) is 12.6. The fraction of sp³-hybridized carbons (Fsp3) is 0.111. The van der Waals surface area contributed by atoms with Gasteiger partial charge in [-0.15, -0.1) is 11.3 Å². The molecule has 2 rings (SSSR count). The lowest BCUT2D eigenvalue weighted by molar-refractivity contribution is 0.100. The van der Waals surface area contributed by atoms with Crippen LogP contribution in [0.1, 0.15) is 9.67 Å². The van der Waals surface area contributed by atoms with Gasteiger partial charge in [0.2, 0.25) is 0 Å². The highest BCUT2D eigenvalue weighted by atomic mass is 79.9. The lowest BCUT2D eigenvalue weighted by Crippen LogP contribution is -2.08. The van der Waals surface area contributed by atoms with Crippen molar-refractivity contribution in [2.45, 2.75) is 0 Å². The van der Waals surface area contributed by atoms with Crippen molar-refractivity contribution in [2.24, 2.45) is 12.8 Å². The summed E-state index contributed by atoms with van der Waals surface area (Å²) in [5.41, 5.74) is 6.19. The van der Waals surface area contributed by atoms with E-state index in [4.69, 9.17) is 5.73 Å². The van der Waals surface area contributed by atoms with E-state index >= 15 is 0 Å². The van der Waals surface area contributed by atoms with Gasteiger partial charge >= 0.3 is 0 Å². The average molecular weight is 365 g/mol. The summed E-state index contributed by atoms with van der Waals surface area (Å²) in [5.74, 6) is -0.429. The Morgan fingerprint density at radius 3 is 2.62 bits per heavy atom. The number of amides is 1. The second kappa shape index (κ2) is 4.31. The van der Waals surface area contributed by atoms with Crippen molar-refractivity contribution in [1.82, 2.24) is 9.78 Å². The van der Waals surface area contributed by atoms with E-state index < -0.39 is 5.91 Å². The van der Waals surface area contributed by atoms with Gasteiger partial charge in [-0.2, -0.15) is 5.10 Å². The van der Waals surface area contributed by atoms with Crippen LogP contribution >= 0.6 is 43.2 Å². The van der Waals surface area contributed by atoms with Crippen LogP contribution in [0, 0.1) is 0 Å². The van der Waals surface area contributed by atoms with Gasteiger partial charge in [-0.1, -0.05) is 0 Å². The van der Waals surface area contributed by atoms with Crippen molar-refractivity contribution in [3.8, 4) is 10.6 Å². The van der Waals surface area contributed by atoms with Gasteiger partial charge < -0.3 is 5.73 Å². The third-order valence-corrected chi connectivity index (χ3v) is 4.66. The molecule has 0 saturated carbocycles. The molecule has 4 nitrogen and oxygen atoms in total. The standard InChI is InChI=1S/C9H7Br2N3OS/c1-14-7(5(11)3-13-14)6-2-4(10)8(16-6)9(12)15/h2-3H,1H3,(H2,12,15). The van der Waals surface area contributed by atoms with E-state index in [1.54, 1.807) is 10.9 Å². The predicted octanol–water partition coefficient (Wildman–Crippen LogP) is 2.77. The molecule has 7 heteroatoms. The van der Waals surface area contributed by atoms with Gasteiger partial charge in [0, 0.05) is 11.5 Å². The third-order valence-electron chi connectivity index (χ3n) is 2.04. The molecule has 0 radical (unpaired) electrons. The van der Waals surface area contributed by atoms with E-state index in [0.717, 1.165) is 15.0 Å². The van der Waals surface area contributed by atoms with Crippen molar-refractivity contribution < 1.29 is 4.79 Å². The normalized spacial score (nSPS) is 10.7. The Kier molecular flexibility index (Phi) is 3.18. The second-order valence-electron chi connectivity index (χ2n) is 3.12. The Morgan fingerprint density at radius 1 is 1.50 bits per heavy atom. The molecular weight excluding hydrogens is 358 g/mol. The van der Waals surface area contributed by atoms with Crippen LogP contribution in [0.4, 0.5) is 0 Å². The number of carbonyl (C=O) groups is 1. The monoisotopic (exact) mass is 363 g/mol. The number of hydrogen-bond donors (Lipinski definition) is 1. The molecular formula is C9H7Br2N3OS. The maximum absolute atomic E-state index is 11.1. The first-order chi connectivity index (χ1) is 7.50. The van der Waals surface area contributed by atoms with Gasteiger partial charge in [0.05, 0.1) is 21.2 Å². The highest BCUT2D eigenvalue weighted by molar-refractivity contribution is 9.11. The topological polar surface area (TPSA) is 60.9 Å². The minimum absolute atomic E-state index is 0.429. The number of hydrogen-bond acceptors (Lipinski definition) is 3. The van der Waals surface area contributed by atoms with Gasteiger partial charge in [-0.05, 0) is 37.9 Å². The zero-order valence-corrected chi connectivity index (χ0v) is 12.2. The molecule has 1 amide bonds. The lowest BCUT2D eigenvalue weighted by atomic mass is 10.3. The summed E-state index contributed by atoms with van der Waals surface area (Å²) in [6, 6.07) is 1.87. The highest BCUT2D eigenvalue weighted by Gasteiger charge is 2.16. The van der Waals surface area contributed by atoms with Crippen molar-refractivity contribution in [1.29, 1.82) is 0 Å². The number of carbonyl (C=O) groups excluding carboxylic acids is 1. The van der Waals surface area contributed by atoms with E-state index in [1.807, 2.05) is 13.1 Å². The number of thiophene rings is 1. The average Bonchev–Trinajstić information content (AvgIpc) is 2.70. The summed E-state index contributed by atoms with van der Waals surface area (Å²) < 4.78 is 3.35. The quantitative estimate of drug-likeness (QED) is 0.890. The van der Waals surface area contributed by atoms with Gasteiger partial charge in [0.1, 0.15) is 4.88 Å². The van der Waals surface area contributed by atoms with E-state index in [-0.39, 0.29) is 0 Å². The van der Waals surface area contributed by atoms with Crippen LogP contribution in [0.5, 0.6) is 0 Å². The number of rotatable bonds is 2. The molecule has 0 spiro atoms. The van der Waals surface area contributed by atoms with E-state index in [0.29, 0.717) is 9.35 Å². The minimum Gasteiger partial charge on any atom is -0.365 e. The Bertz CT molecular complexity index is 542. The van der Waals surface area contributed by atoms with Crippen molar-refractivity contribution in [3.05, 3.63) is 26.1 Å². The van der Waals surface area contributed by atoms with Crippen molar-refractivity contribution >= 4 is 49.1 Å². The fourth-order valence-electron chi connectivity index (χ4n) is 1.34. The molecule has 2 aromatic heterocycles. The number of aromatic nitrogens is 2. The molecule has 0 unspecified atom stereocenters. The van der Waals surface area contributed by atoms with Gasteiger partial charge in [-0.3, -0.25) is 9.48 Å². The highest BCUT2D eigenvalue weighted by Crippen LogP contribution is 2.37. The number of nitrogens with zero attached hydrogens (tertiary/aromatic N) is 2. The van der Waals surface area contributed by atoms with Crippen LogP contribution in [-0.4, -0.2) is 15.7 Å². The van der Waals surface area contributed by atoms with Gasteiger partial charge in [-0.25, -0.2) is 0 Å². The molecule has 0 aliphatic heterocycles. The fourth-order valence-corrected chi connectivity index (χ4v) is 3.85. The van der Waals surface area contributed by atoms with Crippen molar-refractivity contribution in [2.75, 3.05) is 0 Å². The molecule has 16 heavy (non-hydrogen) atoms. The summed E-state index contributed by atoms with van der Waals surface area (Å²) in [6.45, 7) is 0. The molecule has 0 aliphatic rings. The summed E-state index contributed by atoms with van der Waals surface area (Å²) in [6.07, 6.45) is 1.72. The SMILES string of the molecule is Cn1ncc(Br)c1-c1cc(Br)c(C(N)=O)s1. The zero-order chi connectivity index (χ0) is 11.9. The maximum Gasteiger partial charge on any atom is 0.259 e. The number of primary amides is 1. The summed E-state index contributed by atoms with van der Waals surface area (Å²) in [5, 5.41) is 4.12. The number of aryl methyl sites for hydroxylation is 1. The van der Waals surface area contributed by atoms with Crippen LogP contribution < -0.4 is 5.73 Å². The lowest BCUT2D eigenvalue weighted by Gasteiger charge is -1.98. The molecule has 0 saturated heterocycles. The number of halogens is 2. The first-order valence-corrected chi connectivity index (χ1v) is 6.68. The molecule has 2 aromatic rings. The first-order valence-electron chi connectivity index (χ1n) is 4.27. The van der Waals surface area contributed by atoms with Crippen LogP contribution in [0.15, 0.2) is 21.2 Å². The molecule has 0 aromatic carbocycles. The van der Waals surface area contributed by atoms with Gasteiger partial charge in [0.25, 0.3) is 5.91 Å². The van der Waals surface area contributed by atoms with E-state index in [2.05, 4.69) is 37.0 Å². The molecule has 84 valence electrons.